The van der Waals surface area contributed by atoms with E-state index in [9.17, 15) is 14.4 Å². The third kappa shape index (κ3) is 3.15. The summed E-state index contributed by atoms with van der Waals surface area (Å²) >= 11 is 0. The molecule has 4 nitrogen and oxygen atoms in total. The van der Waals surface area contributed by atoms with Gasteiger partial charge in [0.15, 0.2) is 0 Å². The number of ether oxygens (including phenoxy) is 1. The largest absolute Gasteiger partial charge is 0.463 e. The predicted molar refractivity (Wildman–Crippen MR) is 57.8 cm³/mol. The topological polar surface area (TPSA) is 60.4 Å². The number of Topliss-reactive ketones (excluding diaryl/α,β-unsaturated/α-hetero) is 2. The molecule has 0 bridgehead atoms. The molecule has 0 aromatic carbocycles. The Balaban J connectivity index is 2.69. The van der Waals surface area contributed by atoms with Crippen LogP contribution in [-0.4, -0.2) is 24.6 Å². The molecule has 1 fully saturated rings. The Labute approximate surface area is 95.3 Å². The summed E-state index contributed by atoms with van der Waals surface area (Å²) in [6.45, 7) is 1.52. The lowest BCUT2D eigenvalue weighted by molar-refractivity contribution is -0.155. The number of methoxy groups -OCH3 is 1. The molecule has 0 saturated heterocycles. The van der Waals surface area contributed by atoms with Crippen LogP contribution in [0, 0.1) is 11.8 Å². The van der Waals surface area contributed by atoms with Crippen LogP contribution < -0.4 is 0 Å². The fourth-order valence-corrected chi connectivity index (χ4v) is 2.42. The molecule has 0 amide bonds. The van der Waals surface area contributed by atoms with E-state index in [4.69, 9.17) is 0 Å². The molecular formula is C12H18O4. The second-order valence-corrected chi connectivity index (χ2v) is 4.41. The van der Waals surface area contributed by atoms with Crippen molar-refractivity contribution in [2.75, 3.05) is 7.11 Å². The molecule has 0 radical (unpaired) electrons. The molecule has 4 heteroatoms. The molecule has 0 aromatic heterocycles. The zero-order chi connectivity index (χ0) is 12.1. The Morgan fingerprint density at radius 1 is 1.19 bits per heavy atom. The van der Waals surface area contributed by atoms with E-state index in [1.54, 1.807) is 0 Å². The minimum Gasteiger partial charge on any atom is -0.463 e. The van der Waals surface area contributed by atoms with Gasteiger partial charge in [0.1, 0.15) is 5.78 Å². The molecule has 0 N–H and O–H groups in total. The summed E-state index contributed by atoms with van der Waals surface area (Å²) in [4.78, 5) is 34.0. The van der Waals surface area contributed by atoms with E-state index < -0.39 is 11.8 Å². The maximum Gasteiger partial charge on any atom is 0.374 e. The van der Waals surface area contributed by atoms with E-state index in [0.29, 0.717) is 12.8 Å². The molecule has 16 heavy (non-hydrogen) atoms. The van der Waals surface area contributed by atoms with Gasteiger partial charge in [-0.05, 0) is 25.7 Å². The summed E-state index contributed by atoms with van der Waals surface area (Å²) in [5.41, 5.74) is 0. The van der Waals surface area contributed by atoms with Crippen molar-refractivity contribution in [2.24, 2.45) is 11.8 Å². The van der Waals surface area contributed by atoms with E-state index in [0.717, 1.165) is 19.3 Å². The zero-order valence-electron chi connectivity index (χ0n) is 9.82. The van der Waals surface area contributed by atoms with Crippen molar-refractivity contribution in [1.82, 2.24) is 0 Å². The smallest absolute Gasteiger partial charge is 0.374 e. The number of carbonyl (C=O) groups is 3. The average Bonchev–Trinajstić information content (AvgIpc) is 2.27. The highest BCUT2D eigenvalue weighted by atomic mass is 16.5. The van der Waals surface area contributed by atoms with Gasteiger partial charge in [-0.2, -0.15) is 0 Å². The van der Waals surface area contributed by atoms with E-state index in [1.807, 2.05) is 0 Å². The molecule has 1 saturated carbocycles. The first-order chi connectivity index (χ1) is 7.56. The van der Waals surface area contributed by atoms with Crippen LogP contribution >= 0.6 is 0 Å². The molecule has 0 aromatic rings. The van der Waals surface area contributed by atoms with Gasteiger partial charge in [0, 0.05) is 12.3 Å². The highest BCUT2D eigenvalue weighted by Crippen LogP contribution is 2.33. The molecule has 90 valence electrons. The van der Waals surface area contributed by atoms with Gasteiger partial charge >= 0.3 is 5.97 Å². The maximum absolute atomic E-state index is 11.7. The monoisotopic (exact) mass is 226 g/mol. The van der Waals surface area contributed by atoms with Crippen LogP contribution in [0.1, 0.15) is 39.0 Å². The summed E-state index contributed by atoms with van der Waals surface area (Å²) in [5, 5.41) is 0. The quantitative estimate of drug-likeness (QED) is 0.538. The summed E-state index contributed by atoms with van der Waals surface area (Å²) in [6.07, 6.45) is 3.93. The van der Waals surface area contributed by atoms with Crippen LogP contribution in [0.15, 0.2) is 0 Å². The molecule has 2 unspecified atom stereocenters. The Bertz CT molecular complexity index is 295. The first-order valence-electron chi connectivity index (χ1n) is 5.68. The average molecular weight is 226 g/mol. The van der Waals surface area contributed by atoms with E-state index in [-0.39, 0.29) is 17.6 Å². The number of hydrogen-bond acceptors (Lipinski definition) is 4. The second-order valence-electron chi connectivity index (χ2n) is 4.41. The van der Waals surface area contributed by atoms with Crippen molar-refractivity contribution >= 4 is 17.5 Å². The van der Waals surface area contributed by atoms with Gasteiger partial charge in [-0.1, -0.05) is 12.8 Å². The molecule has 1 aliphatic carbocycles. The van der Waals surface area contributed by atoms with E-state index in [1.165, 1.54) is 14.0 Å². The highest BCUT2D eigenvalue weighted by Gasteiger charge is 2.35. The van der Waals surface area contributed by atoms with Gasteiger partial charge in [0.05, 0.1) is 7.11 Å². The Morgan fingerprint density at radius 3 is 2.38 bits per heavy atom. The number of rotatable bonds is 4. The third-order valence-electron chi connectivity index (χ3n) is 3.18. The Morgan fingerprint density at radius 2 is 1.81 bits per heavy atom. The summed E-state index contributed by atoms with van der Waals surface area (Å²) in [7, 11) is 1.21. The van der Waals surface area contributed by atoms with Crippen molar-refractivity contribution in [1.29, 1.82) is 0 Å². The number of hydrogen-bond donors (Lipinski definition) is 0. The first kappa shape index (κ1) is 12.9. The predicted octanol–water partition coefficient (Wildman–Crippen LogP) is 1.51. The van der Waals surface area contributed by atoms with E-state index in [2.05, 4.69) is 4.74 Å². The van der Waals surface area contributed by atoms with Crippen molar-refractivity contribution in [2.45, 2.75) is 39.0 Å². The van der Waals surface area contributed by atoms with Crippen molar-refractivity contribution in [3.05, 3.63) is 0 Å². The van der Waals surface area contributed by atoms with E-state index >= 15 is 0 Å². The fourth-order valence-electron chi connectivity index (χ4n) is 2.42. The lowest BCUT2D eigenvalue weighted by Crippen LogP contribution is -2.33. The SMILES string of the molecule is COC(=O)C(=O)C1CCCCC1CC(C)=O. The summed E-state index contributed by atoms with van der Waals surface area (Å²) in [5.74, 6) is -1.45. The number of ketones is 2. The number of carbonyl (C=O) groups excluding carboxylic acids is 3. The molecule has 0 aliphatic heterocycles. The standard InChI is InChI=1S/C12H18O4/c1-8(13)7-9-5-3-4-6-10(9)11(14)12(15)16-2/h9-10H,3-7H2,1-2H3. The van der Waals surface area contributed by atoms with Gasteiger partial charge in [0.25, 0.3) is 0 Å². The molecule has 1 rings (SSSR count). The lowest BCUT2D eigenvalue weighted by atomic mass is 9.75. The van der Waals surface area contributed by atoms with Gasteiger partial charge in [-0.3, -0.25) is 4.79 Å². The molecule has 2 atom stereocenters. The van der Waals surface area contributed by atoms with Crippen LogP contribution in [0.5, 0.6) is 0 Å². The second kappa shape index (κ2) is 5.77. The minimum absolute atomic E-state index is 0.0258. The molecule has 0 spiro atoms. The Kier molecular flexibility index (Phi) is 4.65. The third-order valence-corrected chi connectivity index (χ3v) is 3.18. The van der Waals surface area contributed by atoms with Gasteiger partial charge in [-0.15, -0.1) is 0 Å². The van der Waals surface area contributed by atoms with Crippen LogP contribution in [0.25, 0.3) is 0 Å². The summed E-state index contributed by atoms with van der Waals surface area (Å²) < 4.78 is 4.45. The highest BCUT2D eigenvalue weighted by molar-refractivity contribution is 6.34. The van der Waals surface area contributed by atoms with Crippen LogP contribution in [0.2, 0.25) is 0 Å². The van der Waals surface area contributed by atoms with Gasteiger partial charge in [-0.25, -0.2) is 4.79 Å². The first-order valence-corrected chi connectivity index (χ1v) is 5.68. The maximum atomic E-state index is 11.7. The van der Waals surface area contributed by atoms with Gasteiger partial charge in [0.2, 0.25) is 5.78 Å². The lowest BCUT2D eigenvalue weighted by Gasteiger charge is -2.28. The van der Waals surface area contributed by atoms with Crippen LogP contribution in [0.4, 0.5) is 0 Å². The van der Waals surface area contributed by atoms with Gasteiger partial charge < -0.3 is 9.53 Å². The Hall–Kier alpha value is -1.19. The van der Waals surface area contributed by atoms with Crippen molar-refractivity contribution in [3.63, 3.8) is 0 Å². The number of esters is 1. The fraction of sp³-hybridized carbons (Fsp3) is 0.750. The zero-order valence-corrected chi connectivity index (χ0v) is 9.82. The molecular weight excluding hydrogens is 208 g/mol. The summed E-state index contributed by atoms with van der Waals surface area (Å²) in [6, 6.07) is 0. The molecule has 0 heterocycles. The minimum atomic E-state index is -0.777. The van der Waals surface area contributed by atoms with Crippen LogP contribution in [0.3, 0.4) is 0 Å². The van der Waals surface area contributed by atoms with Crippen LogP contribution in [-0.2, 0) is 19.1 Å². The van der Waals surface area contributed by atoms with Crippen molar-refractivity contribution < 1.29 is 19.1 Å². The normalized spacial score (nSPS) is 24.9. The van der Waals surface area contributed by atoms with Crippen molar-refractivity contribution in [3.8, 4) is 0 Å². The molecule has 1 aliphatic rings.